The van der Waals surface area contributed by atoms with Crippen molar-refractivity contribution in [2.75, 3.05) is 13.2 Å². The zero-order valence-electron chi connectivity index (χ0n) is 9.41. The molecule has 0 spiro atoms. The van der Waals surface area contributed by atoms with Gasteiger partial charge in [-0.1, -0.05) is 28.1 Å². The highest BCUT2D eigenvalue weighted by atomic mass is 79.9. The molecule has 0 aliphatic carbocycles. The van der Waals surface area contributed by atoms with Gasteiger partial charge in [-0.25, -0.2) is 0 Å². The van der Waals surface area contributed by atoms with E-state index in [4.69, 9.17) is 10.5 Å². The van der Waals surface area contributed by atoms with Crippen LogP contribution in [0, 0.1) is 0 Å². The Kier molecular flexibility index (Phi) is 3.81. The predicted octanol–water partition coefficient (Wildman–Crippen LogP) is 1.18. The molecule has 1 aliphatic rings. The fourth-order valence-electron chi connectivity index (χ4n) is 1.72. The number of amides is 1. The molecule has 1 heterocycles. The van der Waals surface area contributed by atoms with Gasteiger partial charge in [0.15, 0.2) is 0 Å². The van der Waals surface area contributed by atoms with Crippen molar-refractivity contribution in [3.8, 4) is 0 Å². The zero-order valence-corrected chi connectivity index (χ0v) is 11.0. The molecule has 1 atom stereocenters. The van der Waals surface area contributed by atoms with Crippen molar-refractivity contribution in [2.24, 2.45) is 5.73 Å². The molecule has 1 saturated heterocycles. The Morgan fingerprint density at radius 2 is 2.18 bits per heavy atom. The summed E-state index contributed by atoms with van der Waals surface area (Å²) in [5.74, 6) is -0.141. The summed E-state index contributed by atoms with van der Waals surface area (Å²) in [5, 5.41) is 2.84. The maximum absolute atomic E-state index is 11.9. The van der Waals surface area contributed by atoms with Crippen molar-refractivity contribution in [1.29, 1.82) is 0 Å². The Balaban J connectivity index is 1.89. The Morgan fingerprint density at radius 1 is 1.47 bits per heavy atom. The van der Waals surface area contributed by atoms with Crippen LogP contribution in [0.5, 0.6) is 0 Å². The number of halogens is 1. The van der Waals surface area contributed by atoms with Gasteiger partial charge in [0.05, 0.1) is 6.61 Å². The van der Waals surface area contributed by atoms with Gasteiger partial charge in [-0.05, 0) is 24.1 Å². The third-order valence-electron chi connectivity index (χ3n) is 2.87. The summed E-state index contributed by atoms with van der Waals surface area (Å²) in [5.41, 5.74) is 6.14. The zero-order chi connectivity index (χ0) is 12.3. The lowest BCUT2D eigenvalue weighted by Gasteiger charge is -2.20. The first-order valence-electron chi connectivity index (χ1n) is 5.49. The van der Waals surface area contributed by atoms with Crippen LogP contribution in [0.3, 0.4) is 0 Å². The van der Waals surface area contributed by atoms with E-state index in [-0.39, 0.29) is 5.91 Å². The largest absolute Gasteiger partial charge is 0.379 e. The summed E-state index contributed by atoms with van der Waals surface area (Å²) >= 11 is 3.36. The highest BCUT2D eigenvalue weighted by molar-refractivity contribution is 9.10. The van der Waals surface area contributed by atoms with Gasteiger partial charge in [0.2, 0.25) is 5.91 Å². The Bertz CT molecular complexity index is 399. The fourth-order valence-corrected chi connectivity index (χ4v) is 1.98. The molecule has 1 amide bonds. The van der Waals surface area contributed by atoms with E-state index >= 15 is 0 Å². The van der Waals surface area contributed by atoms with E-state index in [1.807, 2.05) is 24.3 Å². The van der Waals surface area contributed by atoms with Gasteiger partial charge in [0, 0.05) is 17.6 Å². The molecule has 17 heavy (non-hydrogen) atoms. The molecule has 0 aromatic heterocycles. The quantitative estimate of drug-likeness (QED) is 0.881. The number of benzene rings is 1. The number of nitrogens with two attached hydrogens (primary N) is 1. The van der Waals surface area contributed by atoms with Crippen LogP contribution in [-0.4, -0.2) is 24.7 Å². The van der Waals surface area contributed by atoms with Crippen LogP contribution in [0.1, 0.15) is 12.0 Å². The number of nitrogens with one attached hydrogen (secondary N) is 1. The molecule has 4 nitrogen and oxygen atoms in total. The van der Waals surface area contributed by atoms with Crippen molar-refractivity contribution in [3.63, 3.8) is 0 Å². The average Bonchev–Trinajstić information content (AvgIpc) is 2.76. The van der Waals surface area contributed by atoms with E-state index in [0.717, 1.165) is 10.0 Å². The van der Waals surface area contributed by atoms with Crippen LogP contribution < -0.4 is 11.1 Å². The molecule has 1 fully saturated rings. The van der Waals surface area contributed by atoms with Crippen molar-refractivity contribution < 1.29 is 9.53 Å². The maximum Gasteiger partial charge on any atom is 0.242 e. The van der Waals surface area contributed by atoms with Gasteiger partial charge >= 0.3 is 0 Å². The summed E-state index contributed by atoms with van der Waals surface area (Å²) in [6, 6.07) is 7.80. The van der Waals surface area contributed by atoms with E-state index in [1.165, 1.54) is 0 Å². The molecule has 2 rings (SSSR count). The van der Waals surface area contributed by atoms with Crippen molar-refractivity contribution in [1.82, 2.24) is 5.32 Å². The molecule has 92 valence electrons. The topological polar surface area (TPSA) is 64.4 Å². The highest BCUT2D eigenvalue weighted by Gasteiger charge is 2.37. The van der Waals surface area contributed by atoms with Crippen LogP contribution in [-0.2, 0) is 16.1 Å². The van der Waals surface area contributed by atoms with Gasteiger partial charge in [-0.2, -0.15) is 0 Å². The lowest BCUT2D eigenvalue weighted by Crippen LogP contribution is -2.54. The normalized spacial score (nSPS) is 23.6. The average molecular weight is 299 g/mol. The number of hydrogen-bond acceptors (Lipinski definition) is 3. The summed E-state index contributed by atoms with van der Waals surface area (Å²) in [6.07, 6.45) is 0.583. The first kappa shape index (κ1) is 12.5. The summed E-state index contributed by atoms with van der Waals surface area (Å²) in [7, 11) is 0. The minimum atomic E-state index is -0.852. The van der Waals surface area contributed by atoms with Crippen molar-refractivity contribution in [3.05, 3.63) is 34.3 Å². The standard InChI is InChI=1S/C12H15BrN2O2/c13-10-3-1-9(2-4-10)7-15-11(16)12(14)5-6-17-8-12/h1-4H,5-8,14H2,(H,15,16). The molecular weight excluding hydrogens is 284 g/mol. The molecular formula is C12H15BrN2O2. The second-order valence-corrected chi connectivity index (χ2v) is 5.18. The molecule has 1 aromatic carbocycles. The smallest absolute Gasteiger partial charge is 0.242 e. The number of carbonyl (C=O) groups excluding carboxylic acids is 1. The first-order chi connectivity index (χ1) is 8.10. The van der Waals surface area contributed by atoms with Gasteiger partial charge in [-0.15, -0.1) is 0 Å². The Hall–Kier alpha value is -0.910. The third-order valence-corrected chi connectivity index (χ3v) is 3.40. The Morgan fingerprint density at radius 3 is 2.76 bits per heavy atom. The molecule has 3 N–H and O–H groups in total. The lowest BCUT2D eigenvalue weighted by molar-refractivity contribution is -0.126. The number of hydrogen-bond donors (Lipinski definition) is 2. The summed E-state index contributed by atoms with van der Waals surface area (Å²) in [4.78, 5) is 11.9. The van der Waals surface area contributed by atoms with E-state index in [2.05, 4.69) is 21.2 Å². The highest BCUT2D eigenvalue weighted by Crippen LogP contribution is 2.16. The molecule has 0 radical (unpaired) electrons. The SMILES string of the molecule is NC1(C(=O)NCc2ccc(Br)cc2)CCOC1. The molecule has 1 unspecified atom stereocenters. The molecule has 1 aromatic rings. The second kappa shape index (κ2) is 5.16. The predicted molar refractivity (Wildman–Crippen MR) is 68.3 cm³/mol. The molecule has 1 aliphatic heterocycles. The summed E-state index contributed by atoms with van der Waals surface area (Å²) < 4.78 is 6.18. The van der Waals surface area contributed by atoms with Gasteiger partial charge in [0.25, 0.3) is 0 Å². The molecule has 5 heteroatoms. The van der Waals surface area contributed by atoms with Gasteiger partial charge in [0.1, 0.15) is 5.54 Å². The maximum atomic E-state index is 11.9. The number of ether oxygens (including phenoxy) is 1. The fraction of sp³-hybridized carbons (Fsp3) is 0.417. The monoisotopic (exact) mass is 298 g/mol. The molecule has 0 saturated carbocycles. The number of rotatable bonds is 3. The van der Waals surface area contributed by atoms with Crippen LogP contribution in [0.4, 0.5) is 0 Å². The molecule has 0 bridgehead atoms. The van der Waals surface area contributed by atoms with E-state index in [9.17, 15) is 4.79 Å². The van der Waals surface area contributed by atoms with Crippen molar-refractivity contribution >= 4 is 21.8 Å². The van der Waals surface area contributed by atoms with Gasteiger partial charge < -0.3 is 15.8 Å². The minimum Gasteiger partial charge on any atom is -0.379 e. The third kappa shape index (κ3) is 3.06. The lowest BCUT2D eigenvalue weighted by atomic mass is 9.99. The van der Waals surface area contributed by atoms with Crippen LogP contribution in [0.2, 0.25) is 0 Å². The Labute approximate surface area is 109 Å². The minimum absolute atomic E-state index is 0.141. The first-order valence-corrected chi connectivity index (χ1v) is 6.29. The van der Waals surface area contributed by atoms with E-state index in [0.29, 0.717) is 26.2 Å². The van der Waals surface area contributed by atoms with Crippen LogP contribution >= 0.6 is 15.9 Å². The van der Waals surface area contributed by atoms with Crippen molar-refractivity contribution in [2.45, 2.75) is 18.5 Å². The summed E-state index contributed by atoms with van der Waals surface area (Å²) in [6.45, 7) is 1.35. The van der Waals surface area contributed by atoms with E-state index in [1.54, 1.807) is 0 Å². The second-order valence-electron chi connectivity index (χ2n) is 4.27. The van der Waals surface area contributed by atoms with Crippen LogP contribution in [0.15, 0.2) is 28.7 Å². The van der Waals surface area contributed by atoms with E-state index < -0.39 is 5.54 Å². The van der Waals surface area contributed by atoms with Gasteiger partial charge in [-0.3, -0.25) is 4.79 Å². The van der Waals surface area contributed by atoms with Crippen LogP contribution in [0.25, 0.3) is 0 Å². The number of carbonyl (C=O) groups is 1.